The summed E-state index contributed by atoms with van der Waals surface area (Å²) in [5.41, 5.74) is 2.55. The summed E-state index contributed by atoms with van der Waals surface area (Å²) in [6, 6.07) is 13.2. The molecule has 0 atom stereocenters. The molecule has 24 heavy (non-hydrogen) atoms. The van der Waals surface area contributed by atoms with E-state index in [1.165, 1.54) is 11.3 Å². The molecule has 0 fully saturated rings. The molecule has 5 nitrogen and oxygen atoms in total. The highest BCUT2D eigenvalue weighted by atomic mass is 32.1. The third-order valence-corrected chi connectivity index (χ3v) is 4.73. The lowest BCUT2D eigenvalue weighted by atomic mass is 10.2. The maximum Gasteiger partial charge on any atom is 0.293 e. The van der Waals surface area contributed by atoms with E-state index < -0.39 is 0 Å². The van der Waals surface area contributed by atoms with E-state index in [1.807, 2.05) is 37.3 Å². The van der Waals surface area contributed by atoms with Crippen molar-refractivity contribution >= 4 is 43.6 Å². The van der Waals surface area contributed by atoms with Crippen LogP contribution in [-0.2, 0) is 0 Å². The molecule has 0 saturated heterocycles. The topological polar surface area (TPSA) is 64.4 Å². The number of aryl methyl sites for hydroxylation is 1. The van der Waals surface area contributed by atoms with Gasteiger partial charge < -0.3 is 9.15 Å². The number of hydrogen-bond acceptors (Lipinski definition) is 5. The molecule has 2 aromatic carbocycles. The predicted molar refractivity (Wildman–Crippen MR) is 95.1 cm³/mol. The molecular weight excluding hydrogens is 324 g/mol. The molecule has 0 aliphatic carbocycles. The van der Waals surface area contributed by atoms with Crippen molar-refractivity contribution in [3.63, 3.8) is 0 Å². The highest BCUT2D eigenvalue weighted by molar-refractivity contribution is 7.22. The number of carbonyl (C=O) groups excluding carboxylic acids is 1. The molecular formula is C18H14N2O3S. The van der Waals surface area contributed by atoms with E-state index in [0.717, 1.165) is 21.2 Å². The summed E-state index contributed by atoms with van der Waals surface area (Å²) in [5, 5.41) is 4.18. The fraction of sp³-hybridized carbons (Fsp3) is 0.111. The van der Waals surface area contributed by atoms with Gasteiger partial charge in [-0.3, -0.25) is 10.1 Å². The second kappa shape index (κ2) is 5.65. The summed E-state index contributed by atoms with van der Waals surface area (Å²) < 4.78 is 12.0. The first-order valence-corrected chi connectivity index (χ1v) is 8.21. The van der Waals surface area contributed by atoms with Gasteiger partial charge >= 0.3 is 0 Å². The van der Waals surface area contributed by atoms with Crippen LogP contribution < -0.4 is 10.1 Å². The minimum Gasteiger partial charge on any atom is -0.493 e. The van der Waals surface area contributed by atoms with Gasteiger partial charge in [-0.2, -0.15) is 0 Å². The smallest absolute Gasteiger partial charge is 0.293 e. The van der Waals surface area contributed by atoms with Gasteiger partial charge in [-0.1, -0.05) is 35.6 Å². The summed E-state index contributed by atoms with van der Waals surface area (Å²) in [5.74, 6) is 0.498. The summed E-state index contributed by atoms with van der Waals surface area (Å²) in [7, 11) is 1.57. The van der Waals surface area contributed by atoms with E-state index in [9.17, 15) is 4.79 Å². The number of nitrogens with one attached hydrogen (secondary N) is 1. The average Bonchev–Trinajstić information content (AvgIpc) is 3.18. The zero-order valence-electron chi connectivity index (χ0n) is 13.1. The number of hydrogen-bond donors (Lipinski definition) is 1. The fourth-order valence-corrected chi connectivity index (χ4v) is 3.55. The lowest BCUT2D eigenvalue weighted by Gasteiger charge is -1.99. The number of ether oxygens (including phenoxy) is 1. The van der Waals surface area contributed by atoms with Crippen molar-refractivity contribution in [3.05, 3.63) is 53.8 Å². The van der Waals surface area contributed by atoms with Gasteiger partial charge in [0.15, 0.2) is 22.2 Å². The SMILES string of the molecule is COc1cccc2cc(C(=O)Nc3nc4c(C)cccc4s3)oc12. The number of benzene rings is 2. The first-order chi connectivity index (χ1) is 11.7. The summed E-state index contributed by atoms with van der Waals surface area (Å²) in [6.45, 7) is 2.00. The zero-order valence-corrected chi connectivity index (χ0v) is 13.9. The van der Waals surface area contributed by atoms with Crippen LogP contribution in [0.25, 0.3) is 21.2 Å². The number of anilines is 1. The first kappa shape index (κ1) is 14.7. The third-order valence-electron chi connectivity index (χ3n) is 3.79. The van der Waals surface area contributed by atoms with Crippen LogP contribution in [0, 0.1) is 6.92 Å². The third kappa shape index (κ3) is 2.41. The maximum atomic E-state index is 12.5. The molecule has 0 spiro atoms. The van der Waals surface area contributed by atoms with Crippen molar-refractivity contribution in [2.45, 2.75) is 6.92 Å². The van der Waals surface area contributed by atoms with Gasteiger partial charge in [0, 0.05) is 5.39 Å². The molecule has 1 N–H and O–H groups in total. The number of thiazole rings is 1. The fourth-order valence-electron chi connectivity index (χ4n) is 2.61. The number of rotatable bonds is 3. The van der Waals surface area contributed by atoms with Crippen molar-refractivity contribution in [3.8, 4) is 5.75 Å². The molecule has 4 rings (SSSR count). The molecule has 0 unspecified atom stereocenters. The Morgan fingerprint density at radius 2 is 2.08 bits per heavy atom. The van der Waals surface area contributed by atoms with Crippen LogP contribution in [0.5, 0.6) is 5.75 Å². The Morgan fingerprint density at radius 1 is 1.25 bits per heavy atom. The summed E-state index contributed by atoms with van der Waals surface area (Å²) in [6.07, 6.45) is 0. The van der Waals surface area contributed by atoms with E-state index in [2.05, 4.69) is 10.3 Å². The monoisotopic (exact) mass is 338 g/mol. The molecule has 0 bridgehead atoms. The lowest BCUT2D eigenvalue weighted by Crippen LogP contribution is -2.10. The molecule has 0 saturated carbocycles. The Labute approximate surface area is 141 Å². The Kier molecular flexibility index (Phi) is 3.46. The van der Waals surface area contributed by atoms with Crippen molar-refractivity contribution in [1.82, 2.24) is 4.98 Å². The van der Waals surface area contributed by atoms with Crippen molar-refractivity contribution < 1.29 is 13.9 Å². The van der Waals surface area contributed by atoms with Gasteiger partial charge in [0.1, 0.15) is 0 Å². The molecule has 1 amide bonds. The molecule has 6 heteroatoms. The van der Waals surface area contributed by atoms with Crippen LogP contribution in [-0.4, -0.2) is 18.0 Å². The van der Waals surface area contributed by atoms with Crippen LogP contribution >= 0.6 is 11.3 Å². The van der Waals surface area contributed by atoms with Gasteiger partial charge in [0.05, 0.1) is 17.3 Å². The highest BCUT2D eigenvalue weighted by Crippen LogP contribution is 2.30. The molecule has 2 aromatic heterocycles. The van der Waals surface area contributed by atoms with Gasteiger partial charge in [0.2, 0.25) is 0 Å². The molecule has 0 aliphatic rings. The normalized spacial score (nSPS) is 11.1. The Balaban J connectivity index is 1.67. The standard InChI is InChI=1S/C18H14N2O3S/c1-10-5-3-8-14-15(10)19-18(24-14)20-17(21)13-9-11-6-4-7-12(22-2)16(11)23-13/h3-9H,1-2H3,(H,19,20,21). The number of para-hydroxylation sites is 2. The summed E-state index contributed by atoms with van der Waals surface area (Å²) in [4.78, 5) is 17.0. The maximum absolute atomic E-state index is 12.5. The quantitative estimate of drug-likeness (QED) is 0.592. The van der Waals surface area contributed by atoms with E-state index in [1.54, 1.807) is 19.2 Å². The predicted octanol–water partition coefficient (Wildman–Crippen LogP) is 4.61. The number of nitrogens with zero attached hydrogens (tertiary/aromatic N) is 1. The first-order valence-electron chi connectivity index (χ1n) is 7.40. The van der Waals surface area contributed by atoms with Crippen LogP contribution in [0.3, 0.4) is 0 Å². The van der Waals surface area contributed by atoms with Crippen molar-refractivity contribution in [2.75, 3.05) is 12.4 Å². The van der Waals surface area contributed by atoms with E-state index in [-0.39, 0.29) is 11.7 Å². The van der Waals surface area contributed by atoms with E-state index in [0.29, 0.717) is 16.5 Å². The number of amides is 1. The number of aromatic nitrogens is 1. The van der Waals surface area contributed by atoms with Gasteiger partial charge in [-0.05, 0) is 30.7 Å². The largest absolute Gasteiger partial charge is 0.493 e. The molecule has 0 aliphatic heterocycles. The van der Waals surface area contributed by atoms with Crippen LogP contribution in [0.4, 0.5) is 5.13 Å². The van der Waals surface area contributed by atoms with Gasteiger partial charge in [-0.25, -0.2) is 4.98 Å². The van der Waals surface area contributed by atoms with Crippen LogP contribution in [0.1, 0.15) is 16.1 Å². The number of furan rings is 1. The van der Waals surface area contributed by atoms with Crippen molar-refractivity contribution in [1.29, 1.82) is 0 Å². The Hall–Kier alpha value is -2.86. The minimum atomic E-state index is -0.329. The van der Waals surface area contributed by atoms with Crippen LogP contribution in [0.15, 0.2) is 46.9 Å². The number of methoxy groups -OCH3 is 1. The van der Waals surface area contributed by atoms with Gasteiger partial charge in [0.25, 0.3) is 5.91 Å². The second-order valence-corrected chi connectivity index (χ2v) is 6.41. The van der Waals surface area contributed by atoms with Crippen molar-refractivity contribution in [2.24, 2.45) is 0 Å². The Morgan fingerprint density at radius 3 is 2.88 bits per heavy atom. The van der Waals surface area contributed by atoms with Crippen LogP contribution in [0.2, 0.25) is 0 Å². The minimum absolute atomic E-state index is 0.227. The van der Waals surface area contributed by atoms with E-state index in [4.69, 9.17) is 9.15 Å². The highest BCUT2D eigenvalue weighted by Gasteiger charge is 2.16. The zero-order chi connectivity index (χ0) is 16.7. The van der Waals surface area contributed by atoms with E-state index >= 15 is 0 Å². The van der Waals surface area contributed by atoms with Gasteiger partial charge in [-0.15, -0.1) is 0 Å². The average molecular weight is 338 g/mol. The molecule has 4 aromatic rings. The lowest BCUT2D eigenvalue weighted by molar-refractivity contribution is 0.0998. The molecule has 0 radical (unpaired) electrons. The number of carbonyl (C=O) groups is 1. The summed E-state index contributed by atoms with van der Waals surface area (Å²) >= 11 is 1.44. The number of fused-ring (bicyclic) bond motifs is 2. The Bertz CT molecular complexity index is 1060. The molecule has 2 heterocycles. The molecule has 120 valence electrons. The second-order valence-electron chi connectivity index (χ2n) is 5.38.